The van der Waals surface area contributed by atoms with Crippen LogP contribution in [0.2, 0.25) is 0 Å². The zero-order valence-corrected chi connectivity index (χ0v) is 10.9. The fraction of sp³-hybridized carbons (Fsp3) is 0.364. The van der Waals surface area contributed by atoms with E-state index in [1.165, 1.54) is 0 Å². The van der Waals surface area contributed by atoms with Gasteiger partial charge in [0.05, 0.1) is 5.56 Å². The number of ketones is 1. The third-order valence-corrected chi connectivity index (χ3v) is 2.53. The minimum Gasteiger partial charge on any atom is -0.405 e. The van der Waals surface area contributed by atoms with Crippen molar-refractivity contribution >= 4 is 21.7 Å². The molecule has 2 nitrogen and oxygen atoms in total. The van der Waals surface area contributed by atoms with Crippen molar-refractivity contribution in [2.45, 2.75) is 19.2 Å². The number of Topliss-reactive ketones (excluding diaryl/α,β-unsaturated/α-hetero) is 1. The van der Waals surface area contributed by atoms with Crippen LogP contribution < -0.4 is 4.74 Å². The van der Waals surface area contributed by atoms with Gasteiger partial charge in [-0.1, -0.05) is 28.1 Å². The topological polar surface area (TPSA) is 26.3 Å². The van der Waals surface area contributed by atoms with Crippen molar-refractivity contribution in [3.63, 3.8) is 0 Å². The summed E-state index contributed by atoms with van der Waals surface area (Å²) in [5.41, 5.74) is -1.50. The summed E-state index contributed by atoms with van der Waals surface area (Å²) >= 11 is 2.96. The van der Waals surface area contributed by atoms with Crippen LogP contribution in [-0.2, 0) is 0 Å². The van der Waals surface area contributed by atoms with Crippen molar-refractivity contribution in [3.8, 4) is 5.75 Å². The van der Waals surface area contributed by atoms with E-state index in [0.717, 1.165) is 18.2 Å². The lowest BCUT2D eigenvalue weighted by Gasteiger charge is -2.15. The Morgan fingerprint density at radius 1 is 1.32 bits per heavy atom. The zero-order valence-electron chi connectivity index (χ0n) is 9.31. The lowest BCUT2D eigenvalue weighted by Crippen LogP contribution is -2.19. The van der Waals surface area contributed by atoms with E-state index in [0.29, 0.717) is 0 Å². The van der Waals surface area contributed by atoms with Gasteiger partial charge in [-0.2, -0.15) is 0 Å². The summed E-state index contributed by atoms with van der Waals surface area (Å²) in [4.78, 5) is 11.6. The molecule has 0 spiro atoms. The van der Waals surface area contributed by atoms with Gasteiger partial charge in [0.2, 0.25) is 0 Å². The van der Waals surface area contributed by atoms with Gasteiger partial charge in [0.15, 0.2) is 5.78 Å². The van der Waals surface area contributed by atoms with Gasteiger partial charge >= 0.3 is 6.36 Å². The lowest BCUT2D eigenvalue weighted by atomic mass is 10.0. The van der Waals surface area contributed by atoms with Crippen LogP contribution in [-0.4, -0.2) is 17.5 Å². The van der Waals surface area contributed by atoms with Crippen LogP contribution in [0.1, 0.15) is 28.8 Å². The number of carbonyl (C=O) groups is 1. The van der Waals surface area contributed by atoms with E-state index >= 15 is 0 Å². The van der Waals surface area contributed by atoms with E-state index in [4.69, 9.17) is 0 Å². The highest BCUT2D eigenvalue weighted by molar-refractivity contribution is 9.09. The second-order valence-corrected chi connectivity index (χ2v) is 4.22. The SMILES string of the molecule is O=C(CCBr)c1cccc(OC(F)(F)F)c1C(F)F. The molecule has 1 aromatic carbocycles. The molecule has 1 rings (SSSR count). The first-order chi connectivity index (χ1) is 8.76. The second-order valence-electron chi connectivity index (χ2n) is 3.43. The molecule has 0 aliphatic heterocycles. The highest BCUT2D eigenvalue weighted by Gasteiger charge is 2.34. The number of hydrogen-bond donors (Lipinski definition) is 0. The zero-order chi connectivity index (χ0) is 14.6. The summed E-state index contributed by atoms with van der Waals surface area (Å²) in [6, 6.07) is 2.87. The van der Waals surface area contributed by atoms with E-state index in [-0.39, 0.29) is 11.8 Å². The molecule has 19 heavy (non-hydrogen) atoms. The maximum atomic E-state index is 12.9. The van der Waals surface area contributed by atoms with Gasteiger partial charge in [0, 0.05) is 17.3 Å². The molecule has 0 saturated carbocycles. The smallest absolute Gasteiger partial charge is 0.405 e. The Balaban J connectivity index is 3.26. The monoisotopic (exact) mass is 346 g/mol. The molecule has 0 bridgehead atoms. The molecule has 0 heterocycles. The third-order valence-electron chi connectivity index (χ3n) is 2.13. The molecule has 0 fully saturated rings. The minimum absolute atomic E-state index is 0.102. The summed E-state index contributed by atoms with van der Waals surface area (Å²) < 4.78 is 65.5. The van der Waals surface area contributed by atoms with Crippen LogP contribution in [0.15, 0.2) is 18.2 Å². The molecular formula is C11H8BrF5O2. The molecule has 0 atom stereocenters. The Morgan fingerprint density at radius 2 is 1.95 bits per heavy atom. The molecule has 0 saturated heterocycles. The summed E-state index contributed by atoms with van der Waals surface area (Å²) in [5, 5.41) is 0.221. The normalized spacial score (nSPS) is 11.7. The van der Waals surface area contributed by atoms with Gasteiger partial charge in [0.1, 0.15) is 5.75 Å². The molecule has 0 aliphatic rings. The molecule has 0 radical (unpaired) electrons. The van der Waals surface area contributed by atoms with Gasteiger partial charge in [-0.05, 0) is 6.07 Å². The first-order valence-electron chi connectivity index (χ1n) is 5.02. The van der Waals surface area contributed by atoms with E-state index in [9.17, 15) is 26.7 Å². The van der Waals surface area contributed by atoms with Crippen LogP contribution in [0.5, 0.6) is 5.75 Å². The number of rotatable bonds is 5. The Labute approximate surface area is 113 Å². The number of hydrogen-bond acceptors (Lipinski definition) is 2. The van der Waals surface area contributed by atoms with Gasteiger partial charge in [0.25, 0.3) is 6.43 Å². The fourth-order valence-electron chi connectivity index (χ4n) is 1.45. The van der Waals surface area contributed by atoms with E-state index < -0.39 is 35.4 Å². The van der Waals surface area contributed by atoms with Crippen LogP contribution in [0.3, 0.4) is 0 Å². The number of halogens is 6. The Morgan fingerprint density at radius 3 is 2.42 bits per heavy atom. The molecule has 8 heteroatoms. The van der Waals surface area contributed by atoms with Gasteiger partial charge in [-0.15, -0.1) is 13.2 Å². The predicted molar refractivity (Wildman–Crippen MR) is 60.8 cm³/mol. The summed E-state index contributed by atoms with van der Waals surface area (Å²) in [7, 11) is 0. The molecule has 0 N–H and O–H groups in total. The van der Waals surface area contributed by atoms with E-state index in [1.807, 2.05) is 0 Å². The Kier molecular flexibility index (Phi) is 5.28. The maximum Gasteiger partial charge on any atom is 0.573 e. The molecule has 0 aliphatic carbocycles. The molecule has 0 amide bonds. The Bertz CT molecular complexity index is 459. The first-order valence-corrected chi connectivity index (χ1v) is 6.14. The molecule has 0 aromatic heterocycles. The number of benzene rings is 1. The molecular weight excluding hydrogens is 339 g/mol. The van der Waals surface area contributed by atoms with Crippen molar-refractivity contribution in [2.75, 3.05) is 5.33 Å². The van der Waals surface area contributed by atoms with Crippen molar-refractivity contribution in [1.29, 1.82) is 0 Å². The summed E-state index contributed by atoms with van der Waals surface area (Å²) in [5.74, 6) is -1.73. The van der Waals surface area contributed by atoms with E-state index in [2.05, 4.69) is 20.7 Å². The van der Waals surface area contributed by atoms with Gasteiger partial charge in [-0.25, -0.2) is 8.78 Å². The number of ether oxygens (including phenoxy) is 1. The standard InChI is InChI=1S/C11H8BrF5O2/c12-5-4-7(18)6-2-1-3-8(9(6)10(13)14)19-11(15,16)17/h1-3,10H,4-5H2. The second kappa shape index (κ2) is 6.31. The highest BCUT2D eigenvalue weighted by atomic mass is 79.9. The van der Waals surface area contributed by atoms with Crippen LogP contribution in [0, 0.1) is 0 Å². The van der Waals surface area contributed by atoms with Gasteiger partial charge in [-0.3, -0.25) is 4.79 Å². The molecule has 0 unspecified atom stereocenters. The number of carbonyl (C=O) groups excluding carboxylic acids is 1. The van der Waals surface area contributed by atoms with Crippen LogP contribution in [0.25, 0.3) is 0 Å². The third kappa shape index (κ3) is 4.45. The molecule has 1 aromatic rings. The Hall–Kier alpha value is -1.18. The quantitative estimate of drug-likeness (QED) is 0.446. The number of alkyl halides is 6. The van der Waals surface area contributed by atoms with E-state index in [1.54, 1.807) is 0 Å². The largest absolute Gasteiger partial charge is 0.573 e. The predicted octanol–water partition coefficient (Wildman–Crippen LogP) is 4.49. The minimum atomic E-state index is -5.10. The van der Waals surface area contributed by atoms with Crippen molar-refractivity contribution in [1.82, 2.24) is 0 Å². The van der Waals surface area contributed by atoms with Crippen molar-refractivity contribution < 1.29 is 31.5 Å². The van der Waals surface area contributed by atoms with Crippen molar-refractivity contribution in [2.24, 2.45) is 0 Å². The molecule has 106 valence electrons. The average Bonchev–Trinajstić information content (AvgIpc) is 2.26. The maximum absolute atomic E-state index is 12.9. The fourth-order valence-corrected chi connectivity index (χ4v) is 1.81. The van der Waals surface area contributed by atoms with Crippen LogP contribution >= 0.6 is 15.9 Å². The lowest BCUT2D eigenvalue weighted by molar-refractivity contribution is -0.275. The van der Waals surface area contributed by atoms with Crippen molar-refractivity contribution in [3.05, 3.63) is 29.3 Å². The van der Waals surface area contributed by atoms with Gasteiger partial charge < -0.3 is 4.74 Å². The van der Waals surface area contributed by atoms with Crippen LogP contribution in [0.4, 0.5) is 22.0 Å². The first kappa shape index (κ1) is 15.9. The highest BCUT2D eigenvalue weighted by Crippen LogP contribution is 2.35. The summed E-state index contributed by atoms with van der Waals surface area (Å²) in [6.07, 6.45) is -8.44. The summed E-state index contributed by atoms with van der Waals surface area (Å²) in [6.45, 7) is 0. The average molecular weight is 347 g/mol.